The van der Waals surface area contributed by atoms with Crippen LogP contribution in [0, 0.1) is 5.92 Å². The zero-order valence-corrected chi connectivity index (χ0v) is 20.4. The number of hydrogen-bond acceptors (Lipinski definition) is 4. The van der Waals surface area contributed by atoms with E-state index >= 15 is 0 Å². The lowest BCUT2D eigenvalue weighted by molar-refractivity contribution is 0.0101. The Morgan fingerprint density at radius 3 is 2.15 bits per heavy atom. The highest BCUT2D eigenvalue weighted by Gasteiger charge is 2.49. The minimum atomic E-state index is -0.232. The predicted molar refractivity (Wildman–Crippen MR) is 134 cm³/mol. The van der Waals surface area contributed by atoms with E-state index in [2.05, 4.69) is 58.9 Å². The van der Waals surface area contributed by atoms with Gasteiger partial charge in [0.05, 0.1) is 17.7 Å². The highest BCUT2D eigenvalue weighted by molar-refractivity contribution is 5.77. The molecule has 2 bridgehead atoms. The fraction of sp³-hybridized carbons (Fsp3) is 0.536. The van der Waals surface area contributed by atoms with E-state index in [1.165, 1.54) is 31.5 Å². The minimum Gasteiger partial charge on any atom is -0.491 e. The molecule has 0 aromatic heterocycles. The van der Waals surface area contributed by atoms with Gasteiger partial charge < -0.3 is 25.0 Å². The number of ether oxygens (including phenoxy) is 2. The Balaban J connectivity index is 1.22. The number of benzene rings is 2. The van der Waals surface area contributed by atoms with Crippen molar-refractivity contribution >= 4 is 6.03 Å². The second kappa shape index (κ2) is 9.59. The second-order valence-corrected chi connectivity index (χ2v) is 10.2. The largest absolute Gasteiger partial charge is 0.491 e. The van der Waals surface area contributed by atoms with Gasteiger partial charge in [0.2, 0.25) is 0 Å². The highest BCUT2D eigenvalue weighted by atomic mass is 16.5. The van der Waals surface area contributed by atoms with Crippen LogP contribution in [-0.4, -0.2) is 56.4 Å². The first-order chi connectivity index (χ1) is 16.6. The molecule has 6 rings (SSSR count). The topological polar surface area (TPSA) is 62.8 Å². The van der Waals surface area contributed by atoms with E-state index in [1.54, 1.807) is 7.11 Å². The van der Waals surface area contributed by atoms with Gasteiger partial charge in [-0.25, -0.2) is 4.79 Å². The lowest BCUT2D eigenvalue weighted by Crippen LogP contribution is -2.68. The summed E-state index contributed by atoms with van der Waals surface area (Å²) in [5.74, 6) is 1.44. The van der Waals surface area contributed by atoms with E-state index in [0.717, 1.165) is 42.7 Å². The quantitative estimate of drug-likeness (QED) is 0.536. The maximum Gasteiger partial charge on any atom is 0.315 e. The molecule has 3 heterocycles. The van der Waals surface area contributed by atoms with Crippen molar-refractivity contribution in [3.8, 4) is 16.9 Å². The molecule has 1 aliphatic carbocycles. The van der Waals surface area contributed by atoms with E-state index in [4.69, 9.17) is 9.47 Å². The molecule has 1 unspecified atom stereocenters. The Labute approximate surface area is 203 Å². The van der Waals surface area contributed by atoms with Gasteiger partial charge in [-0.3, -0.25) is 0 Å². The van der Waals surface area contributed by atoms with Crippen LogP contribution >= 0.6 is 0 Å². The maximum atomic E-state index is 13.1. The van der Waals surface area contributed by atoms with Crippen LogP contribution in [0.1, 0.15) is 44.6 Å². The Morgan fingerprint density at radius 1 is 0.971 bits per heavy atom. The number of amides is 2. The number of nitrogens with one attached hydrogen (secondary N) is 2. The minimum absolute atomic E-state index is 0.0127. The molecule has 3 aliphatic heterocycles. The summed E-state index contributed by atoms with van der Waals surface area (Å²) in [6.07, 6.45) is 5.35. The molecule has 1 saturated carbocycles. The standard InChI is InChI=1S/C28H37N3O3/c1-3-27(20-31-16-12-24(27)13-17-31)29-26(32)30-28(14-15-28)23-8-4-21(5-9-23)22-6-10-25(11-7-22)34-19-18-33-2/h4-11,24H,3,12-20H2,1-2H3,(H2,29,30,32). The zero-order valence-electron chi connectivity index (χ0n) is 20.4. The second-order valence-electron chi connectivity index (χ2n) is 10.2. The van der Waals surface area contributed by atoms with Gasteiger partial charge in [-0.05, 0) is 79.9 Å². The third-order valence-electron chi connectivity index (χ3n) is 8.15. The van der Waals surface area contributed by atoms with Gasteiger partial charge >= 0.3 is 6.03 Å². The van der Waals surface area contributed by atoms with Crippen molar-refractivity contribution < 1.29 is 14.3 Å². The molecule has 2 aromatic rings. The van der Waals surface area contributed by atoms with Crippen LogP contribution < -0.4 is 15.4 Å². The monoisotopic (exact) mass is 463 g/mol. The van der Waals surface area contributed by atoms with Crippen LogP contribution in [0.2, 0.25) is 0 Å². The molecule has 4 fully saturated rings. The number of carbonyl (C=O) groups excluding carboxylic acids is 1. The summed E-state index contributed by atoms with van der Waals surface area (Å²) in [6.45, 7) is 6.68. The summed E-state index contributed by atoms with van der Waals surface area (Å²) in [5.41, 5.74) is 3.17. The number of carbonyl (C=O) groups is 1. The molecule has 2 N–H and O–H groups in total. The predicted octanol–water partition coefficient (Wildman–Crippen LogP) is 4.54. The van der Waals surface area contributed by atoms with Crippen LogP contribution in [0.15, 0.2) is 48.5 Å². The number of urea groups is 1. The smallest absolute Gasteiger partial charge is 0.315 e. The van der Waals surface area contributed by atoms with Crippen molar-refractivity contribution in [3.05, 3.63) is 54.1 Å². The number of rotatable bonds is 9. The molecule has 182 valence electrons. The van der Waals surface area contributed by atoms with Gasteiger partial charge in [0.25, 0.3) is 0 Å². The average Bonchev–Trinajstić information content (AvgIpc) is 3.65. The van der Waals surface area contributed by atoms with Crippen molar-refractivity contribution in [3.63, 3.8) is 0 Å². The summed E-state index contributed by atoms with van der Waals surface area (Å²) in [6, 6.07) is 16.7. The average molecular weight is 464 g/mol. The van der Waals surface area contributed by atoms with Crippen LogP contribution in [0.5, 0.6) is 5.75 Å². The molecule has 0 spiro atoms. The number of piperidine rings is 3. The van der Waals surface area contributed by atoms with E-state index in [9.17, 15) is 4.79 Å². The summed E-state index contributed by atoms with van der Waals surface area (Å²) >= 11 is 0. The highest BCUT2D eigenvalue weighted by Crippen LogP contribution is 2.46. The lowest BCUT2D eigenvalue weighted by Gasteiger charge is -2.53. The van der Waals surface area contributed by atoms with Gasteiger partial charge in [-0.15, -0.1) is 0 Å². The van der Waals surface area contributed by atoms with Crippen LogP contribution in [-0.2, 0) is 10.3 Å². The fourth-order valence-corrected chi connectivity index (χ4v) is 5.86. The van der Waals surface area contributed by atoms with Crippen molar-refractivity contribution in [1.82, 2.24) is 15.5 Å². The molecule has 6 heteroatoms. The molecule has 0 radical (unpaired) electrons. The van der Waals surface area contributed by atoms with Crippen molar-refractivity contribution in [2.45, 2.75) is 50.1 Å². The van der Waals surface area contributed by atoms with Gasteiger partial charge in [0.1, 0.15) is 12.4 Å². The van der Waals surface area contributed by atoms with Gasteiger partial charge in [-0.1, -0.05) is 43.3 Å². The zero-order chi connectivity index (χ0) is 23.6. The SMILES string of the molecule is CCC1(NC(=O)NC2(c3ccc(-c4ccc(OCCOC)cc4)cc3)CC2)CN2CCC1CC2. The Hall–Kier alpha value is -2.57. The first kappa shape index (κ1) is 23.2. The summed E-state index contributed by atoms with van der Waals surface area (Å²) in [5, 5.41) is 6.77. The Kier molecular flexibility index (Phi) is 6.54. The summed E-state index contributed by atoms with van der Waals surface area (Å²) in [7, 11) is 1.67. The number of nitrogens with zero attached hydrogens (tertiary/aromatic N) is 1. The molecule has 2 aromatic carbocycles. The Morgan fingerprint density at radius 2 is 1.62 bits per heavy atom. The molecule has 3 saturated heterocycles. The van der Waals surface area contributed by atoms with E-state index in [0.29, 0.717) is 19.1 Å². The van der Waals surface area contributed by atoms with Gasteiger partial charge in [-0.2, -0.15) is 0 Å². The van der Waals surface area contributed by atoms with Crippen LogP contribution in [0.3, 0.4) is 0 Å². The van der Waals surface area contributed by atoms with E-state index in [-0.39, 0.29) is 17.1 Å². The number of methoxy groups -OCH3 is 1. The van der Waals surface area contributed by atoms with Gasteiger partial charge in [0.15, 0.2) is 0 Å². The van der Waals surface area contributed by atoms with Crippen molar-refractivity contribution in [2.75, 3.05) is 40.0 Å². The first-order valence-electron chi connectivity index (χ1n) is 12.7. The molecular weight excluding hydrogens is 426 g/mol. The van der Waals surface area contributed by atoms with Crippen molar-refractivity contribution in [1.29, 1.82) is 0 Å². The van der Waals surface area contributed by atoms with Crippen molar-refractivity contribution in [2.24, 2.45) is 5.92 Å². The third-order valence-corrected chi connectivity index (χ3v) is 8.15. The normalized spacial score (nSPS) is 26.6. The third kappa shape index (κ3) is 4.66. The molecule has 6 nitrogen and oxygen atoms in total. The number of fused-ring (bicyclic) bond motifs is 3. The van der Waals surface area contributed by atoms with Crippen LogP contribution in [0.4, 0.5) is 4.79 Å². The van der Waals surface area contributed by atoms with Gasteiger partial charge in [0, 0.05) is 13.7 Å². The molecule has 34 heavy (non-hydrogen) atoms. The molecular formula is C28H37N3O3. The molecule has 2 amide bonds. The lowest BCUT2D eigenvalue weighted by atomic mass is 9.71. The fourth-order valence-electron chi connectivity index (χ4n) is 5.86. The molecule has 4 aliphatic rings. The number of hydrogen-bond donors (Lipinski definition) is 2. The summed E-state index contributed by atoms with van der Waals surface area (Å²) in [4.78, 5) is 15.6. The summed E-state index contributed by atoms with van der Waals surface area (Å²) < 4.78 is 10.7. The van der Waals surface area contributed by atoms with E-state index < -0.39 is 0 Å². The Bertz CT molecular complexity index is 979. The first-order valence-corrected chi connectivity index (χ1v) is 12.7. The van der Waals surface area contributed by atoms with E-state index in [1.807, 2.05) is 12.1 Å². The van der Waals surface area contributed by atoms with Crippen LogP contribution in [0.25, 0.3) is 11.1 Å². The molecule has 1 atom stereocenters. The maximum absolute atomic E-state index is 13.1.